The maximum absolute atomic E-state index is 12.3. The Morgan fingerprint density at radius 3 is 2.15 bits per heavy atom. The van der Waals surface area contributed by atoms with Crippen LogP contribution < -0.4 is 10.6 Å². The van der Waals surface area contributed by atoms with Gasteiger partial charge in [-0.05, 0) is 43.3 Å². The molecule has 3 aromatic carbocycles. The Bertz CT molecular complexity index is 1090. The Labute approximate surface area is 157 Å². The molecule has 0 saturated heterocycles. The molecule has 4 rings (SSSR count). The van der Waals surface area contributed by atoms with Crippen molar-refractivity contribution in [2.24, 2.45) is 0 Å². The molecular formula is C22H18N4O. The van der Waals surface area contributed by atoms with E-state index < -0.39 is 0 Å². The van der Waals surface area contributed by atoms with Crippen LogP contribution in [0.5, 0.6) is 0 Å². The minimum Gasteiger partial charge on any atom is -0.338 e. The average molecular weight is 354 g/mol. The van der Waals surface area contributed by atoms with Gasteiger partial charge in [-0.25, -0.2) is 0 Å². The summed E-state index contributed by atoms with van der Waals surface area (Å²) in [6.45, 7) is 1.94. The summed E-state index contributed by atoms with van der Waals surface area (Å²) in [6, 6.07) is 24.7. The molecule has 132 valence electrons. The quantitative estimate of drug-likeness (QED) is 0.545. The van der Waals surface area contributed by atoms with Gasteiger partial charge in [-0.2, -0.15) is 5.10 Å². The number of carbonyl (C=O) groups is 1. The van der Waals surface area contributed by atoms with Gasteiger partial charge in [0.1, 0.15) is 0 Å². The zero-order chi connectivity index (χ0) is 18.6. The van der Waals surface area contributed by atoms with Crippen LogP contribution in [0.1, 0.15) is 16.1 Å². The third-order valence-electron chi connectivity index (χ3n) is 4.31. The van der Waals surface area contributed by atoms with Crippen LogP contribution in [0.4, 0.5) is 17.2 Å². The zero-order valence-corrected chi connectivity index (χ0v) is 14.8. The highest BCUT2D eigenvalue weighted by molar-refractivity contribution is 6.04. The smallest absolute Gasteiger partial charge is 0.255 e. The standard InChI is InChI=1S/C22H18N4O/c1-15-19-9-5-6-10-20(19)21(26-25-15)23-18-13-11-16(12-14-18)22(27)24-17-7-3-2-4-8-17/h2-14H,1H3,(H,23,26)(H,24,27). The fraction of sp³-hybridized carbons (Fsp3) is 0.0455. The predicted octanol–water partition coefficient (Wildman–Crippen LogP) is 4.93. The zero-order valence-electron chi connectivity index (χ0n) is 14.8. The van der Waals surface area contributed by atoms with Gasteiger partial charge in [0.2, 0.25) is 0 Å². The fourth-order valence-electron chi connectivity index (χ4n) is 2.90. The van der Waals surface area contributed by atoms with Gasteiger partial charge in [0.15, 0.2) is 5.82 Å². The third-order valence-corrected chi connectivity index (χ3v) is 4.31. The number of hydrogen-bond donors (Lipinski definition) is 2. The first-order valence-corrected chi connectivity index (χ1v) is 8.66. The molecule has 0 spiro atoms. The summed E-state index contributed by atoms with van der Waals surface area (Å²) < 4.78 is 0. The van der Waals surface area contributed by atoms with Crippen molar-refractivity contribution >= 4 is 33.9 Å². The summed E-state index contributed by atoms with van der Waals surface area (Å²) in [6.07, 6.45) is 0. The number of anilines is 3. The molecule has 1 aromatic heterocycles. The second kappa shape index (κ2) is 7.25. The molecule has 1 heterocycles. The average Bonchev–Trinajstić information content (AvgIpc) is 2.71. The number of aryl methyl sites for hydroxylation is 1. The van der Waals surface area contributed by atoms with E-state index in [1.807, 2.05) is 73.7 Å². The van der Waals surface area contributed by atoms with Crippen molar-refractivity contribution in [2.45, 2.75) is 6.92 Å². The number of fused-ring (bicyclic) bond motifs is 1. The van der Waals surface area contributed by atoms with Crippen LogP contribution in [0.15, 0.2) is 78.9 Å². The summed E-state index contributed by atoms with van der Waals surface area (Å²) in [4.78, 5) is 12.3. The summed E-state index contributed by atoms with van der Waals surface area (Å²) in [5, 5.41) is 16.7. The van der Waals surface area contributed by atoms with E-state index in [0.717, 1.165) is 27.8 Å². The third kappa shape index (κ3) is 3.62. The van der Waals surface area contributed by atoms with E-state index in [2.05, 4.69) is 20.8 Å². The lowest BCUT2D eigenvalue weighted by molar-refractivity contribution is 0.102. The molecular weight excluding hydrogens is 336 g/mol. The van der Waals surface area contributed by atoms with Crippen LogP contribution in [0.25, 0.3) is 10.8 Å². The predicted molar refractivity (Wildman–Crippen MR) is 108 cm³/mol. The van der Waals surface area contributed by atoms with Gasteiger partial charge in [-0.3, -0.25) is 4.79 Å². The van der Waals surface area contributed by atoms with Gasteiger partial charge in [0, 0.05) is 27.7 Å². The van der Waals surface area contributed by atoms with Crippen molar-refractivity contribution in [3.8, 4) is 0 Å². The highest BCUT2D eigenvalue weighted by atomic mass is 16.1. The van der Waals surface area contributed by atoms with Crippen LogP contribution >= 0.6 is 0 Å². The maximum atomic E-state index is 12.3. The maximum Gasteiger partial charge on any atom is 0.255 e. The first kappa shape index (κ1) is 16.7. The molecule has 0 unspecified atom stereocenters. The molecule has 27 heavy (non-hydrogen) atoms. The van der Waals surface area contributed by atoms with Crippen molar-refractivity contribution in [3.63, 3.8) is 0 Å². The van der Waals surface area contributed by atoms with Gasteiger partial charge >= 0.3 is 0 Å². The van der Waals surface area contributed by atoms with Gasteiger partial charge in [0.05, 0.1) is 5.69 Å². The molecule has 5 heteroatoms. The Balaban J connectivity index is 1.53. The fourth-order valence-corrected chi connectivity index (χ4v) is 2.90. The van der Waals surface area contributed by atoms with Crippen LogP contribution in [-0.4, -0.2) is 16.1 Å². The molecule has 4 aromatic rings. The first-order valence-electron chi connectivity index (χ1n) is 8.66. The van der Waals surface area contributed by atoms with E-state index in [-0.39, 0.29) is 5.91 Å². The molecule has 0 aliphatic rings. The molecule has 0 bridgehead atoms. The number of rotatable bonds is 4. The van der Waals surface area contributed by atoms with E-state index in [1.54, 1.807) is 12.1 Å². The van der Waals surface area contributed by atoms with Crippen LogP contribution in [-0.2, 0) is 0 Å². The summed E-state index contributed by atoms with van der Waals surface area (Å²) >= 11 is 0. The first-order chi connectivity index (χ1) is 13.2. The van der Waals surface area contributed by atoms with E-state index in [9.17, 15) is 4.79 Å². The molecule has 0 aliphatic heterocycles. The summed E-state index contributed by atoms with van der Waals surface area (Å²) in [7, 11) is 0. The van der Waals surface area contributed by atoms with Crippen molar-refractivity contribution in [3.05, 3.63) is 90.1 Å². The lowest BCUT2D eigenvalue weighted by atomic mass is 10.1. The highest BCUT2D eigenvalue weighted by Gasteiger charge is 2.08. The summed E-state index contributed by atoms with van der Waals surface area (Å²) in [5.41, 5.74) is 3.09. The number of aromatic nitrogens is 2. The molecule has 2 N–H and O–H groups in total. The van der Waals surface area contributed by atoms with Gasteiger partial charge < -0.3 is 10.6 Å². The minimum absolute atomic E-state index is 0.145. The molecule has 0 saturated carbocycles. The van der Waals surface area contributed by atoms with Crippen molar-refractivity contribution < 1.29 is 4.79 Å². The Morgan fingerprint density at radius 2 is 1.41 bits per heavy atom. The molecule has 1 amide bonds. The molecule has 0 atom stereocenters. The number of para-hydroxylation sites is 1. The van der Waals surface area contributed by atoms with E-state index in [1.165, 1.54) is 0 Å². The topological polar surface area (TPSA) is 66.9 Å². The molecule has 0 fully saturated rings. The SMILES string of the molecule is Cc1nnc(Nc2ccc(C(=O)Nc3ccccc3)cc2)c2ccccc12. The van der Waals surface area contributed by atoms with Crippen LogP contribution in [0.2, 0.25) is 0 Å². The lowest BCUT2D eigenvalue weighted by Gasteiger charge is -2.10. The number of benzene rings is 3. The lowest BCUT2D eigenvalue weighted by Crippen LogP contribution is -2.11. The Morgan fingerprint density at radius 1 is 0.741 bits per heavy atom. The van der Waals surface area contributed by atoms with Crippen LogP contribution in [0.3, 0.4) is 0 Å². The second-order valence-corrected chi connectivity index (χ2v) is 6.20. The monoisotopic (exact) mass is 354 g/mol. The Kier molecular flexibility index (Phi) is 4.49. The number of amides is 1. The second-order valence-electron chi connectivity index (χ2n) is 6.20. The van der Waals surface area contributed by atoms with Crippen molar-refractivity contribution in [2.75, 3.05) is 10.6 Å². The largest absolute Gasteiger partial charge is 0.338 e. The van der Waals surface area contributed by atoms with Crippen molar-refractivity contribution in [1.82, 2.24) is 10.2 Å². The van der Waals surface area contributed by atoms with E-state index >= 15 is 0 Å². The minimum atomic E-state index is -0.145. The van der Waals surface area contributed by atoms with E-state index in [4.69, 9.17) is 0 Å². The van der Waals surface area contributed by atoms with Crippen LogP contribution in [0, 0.1) is 6.92 Å². The number of nitrogens with zero attached hydrogens (tertiary/aromatic N) is 2. The number of carbonyl (C=O) groups excluding carboxylic acids is 1. The van der Waals surface area contributed by atoms with Gasteiger partial charge in [0.25, 0.3) is 5.91 Å². The number of hydrogen-bond acceptors (Lipinski definition) is 4. The van der Waals surface area contributed by atoms with Gasteiger partial charge in [-0.1, -0.05) is 42.5 Å². The number of nitrogens with one attached hydrogen (secondary N) is 2. The van der Waals surface area contributed by atoms with E-state index in [0.29, 0.717) is 11.4 Å². The van der Waals surface area contributed by atoms with Gasteiger partial charge in [-0.15, -0.1) is 5.10 Å². The molecule has 5 nitrogen and oxygen atoms in total. The Hall–Kier alpha value is -3.73. The summed E-state index contributed by atoms with van der Waals surface area (Å²) in [5.74, 6) is 0.547. The molecule has 0 aliphatic carbocycles. The van der Waals surface area contributed by atoms with Crippen molar-refractivity contribution in [1.29, 1.82) is 0 Å². The normalized spacial score (nSPS) is 10.6. The highest BCUT2D eigenvalue weighted by Crippen LogP contribution is 2.25. The molecule has 0 radical (unpaired) electrons.